The van der Waals surface area contributed by atoms with Crippen molar-refractivity contribution in [2.45, 2.75) is 13.8 Å². The maximum absolute atomic E-state index is 12.4. The summed E-state index contributed by atoms with van der Waals surface area (Å²) in [6, 6.07) is 3.03. The Labute approximate surface area is 168 Å². The summed E-state index contributed by atoms with van der Waals surface area (Å²) in [5.74, 6) is 0.463. The zero-order valence-corrected chi connectivity index (χ0v) is 17.7. The standard InChI is InChI=1S/C16H26ClN3O3S.ClH.H2O/c1-4-20(5-2)7-6-19-16(21)12-10-13(17)14(18)11-15(12)23-8-9-24(3)22;;/h10-11H,4-9,18H2,1-3H3,(H,19,21);1H;1H2. The zero-order valence-electron chi connectivity index (χ0n) is 15.3. The van der Waals surface area contributed by atoms with Crippen LogP contribution in [-0.2, 0) is 10.8 Å². The Bertz CT molecular complexity index is 587. The van der Waals surface area contributed by atoms with Crippen molar-refractivity contribution in [3.05, 3.63) is 22.7 Å². The van der Waals surface area contributed by atoms with Crippen LogP contribution in [0.2, 0.25) is 5.02 Å². The van der Waals surface area contributed by atoms with Crippen LogP contribution in [0.25, 0.3) is 0 Å². The van der Waals surface area contributed by atoms with Crippen molar-refractivity contribution in [1.29, 1.82) is 0 Å². The predicted octanol–water partition coefficient (Wildman–Crippen LogP) is 1.35. The lowest BCUT2D eigenvalue weighted by molar-refractivity contribution is 0.0945. The molecule has 0 aromatic heterocycles. The maximum atomic E-state index is 12.4. The number of hydrogen-bond acceptors (Lipinski definition) is 5. The average molecular weight is 430 g/mol. The first-order valence-electron chi connectivity index (χ1n) is 7.91. The fourth-order valence-corrected chi connectivity index (χ4v) is 2.58. The van der Waals surface area contributed by atoms with Gasteiger partial charge in [0.05, 0.1) is 28.6 Å². The smallest absolute Gasteiger partial charge is 0.255 e. The molecule has 1 atom stereocenters. The highest BCUT2D eigenvalue weighted by Gasteiger charge is 2.16. The fraction of sp³-hybridized carbons (Fsp3) is 0.562. The van der Waals surface area contributed by atoms with Gasteiger partial charge in [0.15, 0.2) is 0 Å². The number of nitrogens with zero attached hydrogens (tertiary/aromatic N) is 1. The molecule has 1 aromatic rings. The van der Waals surface area contributed by atoms with Crippen LogP contribution >= 0.6 is 24.0 Å². The molecule has 152 valence electrons. The first kappa shape index (κ1) is 27.2. The SMILES string of the molecule is CCN(CC)CCNC(=O)c1cc(Cl)c(N)cc1OCCS(C)=O.Cl.O. The normalized spacial score (nSPS) is 11.3. The monoisotopic (exact) mass is 429 g/mol. The highest BCUT2D eigenvalue weighted by atomic mass is 35.5. The van der Waals surface area contributed by atoms with E-state index in [0.717, 1.165) is 19.6 Å². The van der Waals surface area contributed by atoms with Gasteiger partial charge in [0.2, 0.25) is 0 Å². The summed E-state index contributed by atoms with van der Waals surface area (Å²) in [7, 11) is -0.967. The second kappa shape index (κ2) is 14.1. The molecule has 0 spiro atoms. The molecule has 1 rings (SSSR count). The van der Waals surface area contributed by atoms with E-state index in [9.17, 15) is 9.00 Å². The van der Waals surface area contributed by atoms with Crippen LogP contribution in [0, 0.1) is 0 Å². The van der Waals surface area contributed by atoms with E-state index in [2.05, 4.69) is 24.1 Å². The lowest BCUT2D eigenvalue weighted by atomic mass is 10.1. The minimum absolute atomic E-state index is 0. The van der Waals surface area contributed by atoms with E-state index in [-0.39, 0.29) is 30.4 Å². The van der Waals surface area contributed by atoms with Gasteiger partial charge in [-0.1, -0.05) is 25.4 Å². The van der Waals surface area contributed by atoms with Crippen molar-refractivity contribution in [1.82, 2.24) is 10.2 Å². The minimum Gasteiger partial charge on any atom is -0.492 e. The van der Waals surface area contributed by atoms with Gasteiger partial charge in [0.1, 0.15) is 5.75 Å². The summed E-state index contributed by atoms with van der Waals surface area (Å²) in [5.41, 5.74) is 6.45. The van der Waals surface area contributed by atoms with E-state index in [0.29, 0.717) is 34.3 Å². The van der Waals surface area contributed by atoms with Gasteiger partial charge < -0.3 is 26.2 Å². The molecule has 5 N–H and O–H groups in total. The molecule has 0 bridgehead atoms. The molecule has 1 unspecified atom stereocenters. The van der Waals surface area contributed by atoms with E-state index in [1.54, 1.807) is 6.26 Å². The van der Waals surface area contributed by atoms with Crippen molar-refractivity contribution >= 4 is 46.4 Å². The first-order chi connectivity index (χ1) is 11.4. The van der Waals surface area contributed by atoms with E-state index in [1.165, 1.54) is 12.1 Å². The number of nitrogens with two attached hydrogens (primary N) is 1. The lowest BCUT2D eigenvalue weighted by Crippen LogP contribution is -2.35. The number of anilines is 1. The fourth-order valence-electron chi connectivity index (χ4n) is 2.10. The van der Waals surface area contributed by atoms with E-state index >= 15 is 0 Å². The van der Waals surface area contributed by atoms with Gasteiger partial charge in [-0.2, -0.15) is 0 Å². The Kier molecular flexibility index (Phi) is 14.7. The van der Waals surface area contributed by atoms with Crippen LogP contribution in [0.3, 0.4) is 0 Å². The Balaban J connectivity index is 0. The maximum Gasteiger partial charge on any atom is 0.255 e. The molecule has 10 heteroatoms. The van der Waals surface area contributed by atoms with Crippen LogP contribution < -0.4 is 15.8 Å². The molecule has 7 nitrogen and oxygen atoms in total. The van der Waals surface area contributed by atoms with Gasteiger partial charge in [-0.25, -0.2) is 0 Å². The van der Waals surface area contributed by atoms with Crippen LogP contribution in [-0.4, -0.2) is 65.3 Å². The number of benzene rings is 1. The molecule has 0 heterocycles. The number of nitrogens with one attached hydrogen (secondary N) is 1. The number of rotatable bonds is 10. The Hall–Kier alpha value is -1.06. The number of carbonyl (C=O) groups excluding carboxylic acids is 1. The third-order valence-corrected chi connectivity index (χ3v) is 4.65. The van der Waals surface area contributed by atoms with E-state index in [4.69, 9.17) is 22.1 Å². The number of carbonyl (C=O) groups is 1. The average Bonchev–Trinajstić information content (AvgIpc) is 2.54. The van der Waals surface area contributed by atoms with Crippen molar-refractivity contribution in [3.63, 3.8) is 0 Å². The van der Waals surface area contributed by atoms with Gasteiger partial charge in [0.25, 0.3) is 5.91 Å². The Morgan fingerprint density at radius 2 is 1.96 bits per heavy atom. The van der Waals surface area contributed by atoms with Gasteiger partial charge in [-0.15, -0.1) is 12.4 Å². The molecule has 0 saturated carbocycles. The second-order valence-electron chi connectivity index (χ2n) is 5.28. The van der Waals surface area contributed by atoms with Crippen LogP contribution in [0.4, 0.5) is 5.69 Å². The van der Waals surface area contributed by atoms with E-state index in [1.807, 2.05) is 0 Å². The number of ether oxygens (including phenoxy) is 1. The first-order valence-corrected chi connectivity index (χ1v) is 10.0. The Morgan fingerprint density at radius 3 is 2.50 bits per heavy atom. The third kappa shape index (κ3) is 9.05. The summed E-state index contributed by atoms with van der Waals surface area (Å²) < 4.78 is 16.7. The Morgan fingerprint density at radius 1 is 1.35 bits per heavy atom. The summed E-state index contributed by atoms with van der Waals surface area (Å²) >= 11 is 6.03. The summed E-state index contributed by atoms with van der Waals surface area (Å²) in [5, 5.41) is 3.17. The molecule has 0 aliphatic carbocycles. The third-order valence-electron chi connectivity index (χ3n) is 3.58. The number of hydrogen-bond donors (Lipinski definition) is 2. The topological polar surface area (TPSA) is 116 Å². The van der Waals surface area contributed by atoms with Crippen molar-refractivity contribution in [2.75, 3.05) is 50.5 Å². The van der Waals surface area contributed by atoms with Gasteiger partial charge in [0, 0.05) is 36.2 Å². The molecule has 26 heavy (non-hydrogen) atoms. The summed E-state index contributed by atoms with van der Waals surface area (Å²) in [6.07, 6.45) is 1.60. The largest absolute Gasteiger partial charge is 0.492 e. The van der Waals surface area contributed by atoms with Crippen molar-refractivity contribution in [2.24, 2.45) is 0 Å². The molecule has 0 aliphatic rings. The van der Waals surface area contributed by atoms with Crippen LogP contribution in [0.5, 0.6) is 5.75 Å². The second-order valence-corrected chi connectivity index (χ2v) is 7.24. The minimum atomic E-state index is -0.967. The zero-order chi connectivity index (χ0) is 18.1. The number of amides is 1. The molecule has 0 saturated heterocycles. The molecule has 0 fully saturated rings. The molecule has 0 aliphatic heterocycles. The van der Waals surface area contributed by atoms with Gasteiger partial charge in [-0.3, -0.25) is 9.00 Å². The highest BCUT2D eigenvalue weighted by molar-refractivity contribution is 7.84. The van der Waals surface area contributed by atoms with Crippen molar-refractivity contribution in [3.8, 4) is 5.75 Å². The predicted molar refractivity (Wildman–Crippen MR) is 111 cm³/mol. The quantitative estimate of drug-likeness (QED) is 0.544. The van der Waals surface area contributed by atoms with Gasteiger partial charge >= 0.3 is 0 Å². The summed E-state index contributed by atoms with van der Waals surface area (Å²) in [6.45, 7) is 7.56. The molecular formula is C16H29Cl2N3O4S. The van der Waals surface area contributed by atoms with Crippen LogP contribution in [0.15, 0.2) is 12.1 Å². The number of nitrogen functional groups attached to an aromatic ring is 1. The molecular weight excluding hydrogens is 401 g/mol. The summed E-state index contributed by atoms with van der Waals surface area (Å²) in [4.78, 5) is 14.6. The van der Waals surface area contributed by atoms with Gasteiger partial charge in [-0.05, 0) is 19.2 Å². The molecule has 0 radical (unpaired) electrons. The van der Waals surface area contributed by atoms with Crippen molar-refractivity contribution < 1.29 is 19.2 Å². The molecule has 1 aromatic carbocycles. The number of likely N-dealkylation sites (N-methyl/N-ethyl adjacent to an activating group) is 1. The van der Waals surface area contributed by atoms with E-state index < -0.39 is 10.8 Å². The lowest BCUT2D eigenvalue weighted by Gasteiger charge is -2.18. The van der Waals surface area contributed by atoms with Crippen LogP contribution in [0.1, 0.15) is 24.2 Å². The molecule has 1 amide bonds. The highest BCUT2D eigenvalue weighted by Crippen LogP contribution is 2.29. The number of halogens is 2.